The van der Waals surface area contributed by atoms with Gasteiger partial charge in [0, 0.05) is 12.0 Å². The summed E-state index contributed by atoms with van der Waals surface area (Å²) in [7, 11) is 0. The van der Waals surface area contributed by atoms with Crippen LogP contribution in [0.25, 0.3) is 0 Å². The Labute approximate surface area is 115 Å². The molecule has 0 bridgehead atoms. The summed E-state index contributed by atoms with van der Waals surface area (Å²) in [4.78, 5) is 0. The molecular weight excluding hydrogens is 230 g/mol. The highest BCUT2D eigenvalue weighted by atomic mass is 14.6. The highest BCUT2D eigenvalue weighted by Gasteiger charge is 2.19. The second kappa shape index (κ2) is 6.35. The van der Waals surface area contributed by atoms with E-state index in [0.717, 1.165) is 0 Å². The number of allylic oxidation sites excluding steroid dienone is 1. The maximum absolute atomic E-state index is 6.41. The second-order valence-corrected chi connectivity index (χ2v) is 5.12. The lowest BCUT2D eigenvalue weighted by Crippen LogP contribution is -2.27. The van der Waals surface area contributed by atoms with Gasteiger partial charge in [-0.05, 0) is 25.0 Å². The van der Waals surface area contributed by atoms with Gasteiger partial charge >= 0.3 is 0 Å². The fourth-order valence-corrected chi connectivity index (χ4v) is 2.44. The minimum Gasteiger partial charge on any atom is -0.324 e. The van der Waals surface area contributed by atoms with Gasteiger partial charge in [0.1, 0.15) is 0 Å². The molecule has 0 aliphatic heterocycles. The first-order valence-electron chi connectivity index (χ1n) is 6.69. The second-order valence-electron chi connectivity index (χ2n) is 5.12. The largest absolute Gasteiger partial charge is 0.324 e. The number of benzene rings is 2. The molecule has 98 valence electrons. The van der Waals surface area contributed by atoms with Crippen molar-refractivity contribution in [2.75, 3.05) is 0 Å². The highest BCUT2D eigenvalue weighted by Crippen LogP contribution is 2.28. The predicted octanol–water partition coefficient (Wildman–Crippen LogP) is 4.11. The fourth-order valence-electron chi connectivity index (χ4n) is 2.44. The fraction of sp³-hybridized carbons (Fsp3) is 0.222. The summed E-state index contributed by atoms with van der Waals surface area (Å²) < 4.78 is 0. The lowest BCUT2D eigenvalue weighted by molar-refractivity contribution is 0.696. The molecule has 0 spiro atoms. The van der Waals surface area contributed by atoms with Crippen LogP contribution < -0.4 is 5.73 Å². The van der Waals surface area contributed by atoms with Crippen LogP contribution in [-0.4, -0.2) is 6.04 Å². The molecule has 1 atom stereocenters. The molecule has 1 nitrogen and oxygen atoms in total. The van der Waals surface area contributed by atoms with E-state index in [0.29, 0.717) is 0 Å². The number of hydrogen-bond acceptors (Lipinski definition) is 1. The zero-order chi connectivity index (χ0) is 13.7. The summed E-state index contributed by atoms with van der Waals surface area (Å²) in [6, 6.07) is 21.0. The number of nitrogens with two attached hydrogens (primary N) is 1. The van der Waals surface area contributed by atoms with Crippen molar-refractivity contribution in [1.82, 2.24) is 0 Å². The summed E-state index contributed by atoms with van der Waals surface area (Å²) in [6.07, 6.45) is 2.14. The Morgan fingerprint density at radius 3 is 1.63 bits per heavy atom. The van der Waals surface area contributed by atoms with Gasteiger partial charge in [0.25, 0.3) is 0 Å². The van der Waals surface area contributed by atoms with E-state index in [1.807, 2.05) is 12.1 Å². The van der Waals surface area contributed by atoms with E-state index in [2.05, 4.69) is 68.5 Å². The van der Waals surface area contributed by atoms with Crippen LogP contribution in [0.2, 0.25) is 0 Å². The zero-order valence-corrected chi connectivity index (χ0v) is 11.6. The summed E-state index contributed by atoms with van der Waals surface area (Å²) in [6.45, 7) is 4.18. The van der Waals surface area contributed by atoms with Gasteiger partial charge < -0.3 is 5.73 Å². The monoisotopic (exact) mass is 251 g/mol. The Morgan fingerprint density at radius 1 is 0.842 bits per heavy atom. The summed E-state index contributed by atoms with van der Waals surface area (Å²) in [5.74, 6) is 0.206. The molecule has 0 aromatic heterocycles. The van der Waals surface area contributed by atoms with Gasteiger partial charge in [-0.25, -0.2) is 0 Å². The molecule has 0 aliphatic carbocycles. The van der Waals surface area contributed by atoms with E-state index in [9.17, 15) is 0 Å². The minimum absolute atomic E-state index is 0.00481. The SMILES string of the molecule is CC(C)=CC(N)C(c1ccccc1)c1ccccc1. The molecule has 0 saturated heterocycles. The van der Waals surface area contributed by atoms with Gasteiger partial charge in [-0.3, -0.25) is 0 Å². The molecule has 0 fully saturated rings. The molecule has 0 radical (unpaired) electrons. The smallest absolute Gasteiger partial charge is 0.0337 e. The highest BCUT2D eigenvalue weighted by molar-refractivity contribution is 5.36. The maximum Gasteiger partial charge on any atom is 0.0337 e. The molecule has 0 saturated carbocycles. The van der Waals surface area contributed by atoms with Gasteiger partial charge in [0.15, 0.2) is 0 Å². The van der Waals surface area contributed by atoms with Crippen LogP contribution in [0.5, 0.6) is 0 Å². The maximum atomic E-state index is 6.41. The van der Waals surface area contributed by atoms with E-state index in [-0.39, 0.29) is 12.0 Å². The average molecular weight is 251 g/mol. The standard InChI is InChI=1S/C18H21N/c1-14(2)13-17(19)18(15-9-5-3-6-10-15)16-11-7-4-8-12-16/h3-13,17-18H,19H2,1-2H3. The van der Waals surface area contributed by atoms with Crippen molar-refractivity contribution >= 4 is 0 Å². The molecule has 1 heteroatoms. The van der Waals surface area contributed by atoms with Crippen LogP contribution >= 0.6 is 0 Å². The van der Waals surface area contributed by atoms with Crippen molar-refractivity contribution in [3.8, 4) is 0 Å². The molecule has 1 unspecified atom stereocenters. The first-order chi connectivity index (χ1) is 9.18. The molecule has 0 heterocycles. The van der Waals surface area contributed by atoms with Crippen molar-refractivity contribution in [3.05, 3.63) is 83.4 Å². The van der Waals surface area contributed by atoms with Crippen LogP contribution in [0.1, 0.15) is 30.9 Å². The molecule has 2 aromatic rings. The van der Waals surface area contributed by atoms with E-state index in [4.69, 9.17) is 5.73 Å². The molecule has 19 heavy (non-hydrogen) atoms. The lowest BCUT2D eigenvalue weighted by Gasteiger charge is -2.23. The average Bonchev–Trinajstić information content (AvgIpc) is 2.40. The molecule has 2 aromatic carbocycles. The lowest BCUT2D eigenvalue weighted by atomic mass is 9.85. The van der Waals surface area contributed by atoms with Crippen LogP contribution in [0, 0.1) is 0 Å². The molecular formula is C18H21N. The molecule has 2 N–H and O–H groups in total. The molecule has 0 amide bonds. The van der Waals surface area contributed by atoms with E-state index in [1.165, 1.54) is 16.7 Å². The summed E-state index contributed by atoms with van der Waals surface area (Å²) in [5, 5.41) is 0. The Balaban J connectivity index is 2.43. The first kappa shape index (κ1) is 13.6. The van der Waals surface area contributed by atoms with Crippen molar-refractivity contribution in [2.45, 2.75) is 25.8 Å². The van der Waals surface area contributed by atoms with E-state index >= 15 is 0 Å². The summed E-state index contributed by atoms with van der Waals surface area (Å²) >= 11 is 0. The Kier molecular flexibility index (Phi) is 4.53. The van der Waals surface area contributed by atoms with E-state index in [1.54, 1.807) is 0 Å². The van der Waals surface area contributed by atoms with Gasteiger partial charge in [-0.15, -0.1) is 0 Å². The first-order valence-corrected chi connectivity index (χ1v) is 6.69. The van der Waals surface area contributed by atoms with E-state index < -0.39 is 0 Å². The third-order valence-corrected chi connectivity index (χ3v) is 3.23. The Hall–Kier alpha value is -1.86. The minimum atomic E-state index is -0.00481. The van der Waals surface area contributed by atoms with Crippen molar-refractivity contribution in [3.63, 3.8) is 0 Å². The summed E-state index contributed by atoms with van der Waals surface area (Å²) in [5.41, 5.74) is 10.2. The van der Waals surface area contributed by atoms with Gasteiger partial charge in [-0.1, -0.05) is 72.3 Å². The van der Waals surface area contributed by atoms with Crippen LogP contribution in [0.15, 0.2) is 72.3 Å². The molecule has 2 rings (SSSR count). The Bertz CT molecular complexity index is 485. The van der Waals surface area contributed by atoms with Crippen molar-refractivity contribution < 1.29 is 0 Å². The van der Waals surface area contributed by atoms with Crippen molar-refractivity contribution in [2.24, 2.45) is 5.73 Å². The molecule has 0 aliphatic rings. The van der Waals surface area contributed by atoms with Crippen LogP contribution in [0.4, 0.5) is 0 Å². The van der Waals surface area contributed by atoms with Gasteiger partial charge in [0.2, 0.25) is 0 Å². The van der Waals surface area contributed by atoms with Crippen LogP contribution in [-0.2, 0) is 0 Å². The van der Waals surface area contributed by atoms with Gasteiger partial charge in [0.05, 0.1) is 0 Å². The normalized spacial score (nSPS) is 12.2. The predicted molar refractivity (Wildman–Crippen MR) is 82.1 cm³/mol. The Morgan fingerprint density at radius 2 is 1.26 bits per heavy atom. The van der Waals surface area contributed by atoms with Crippen molar-refractivity contribution in [1.29, 1.82) is 0 Å². The number of rotatable bonds is 4. The number of hydrogen-bond donors (Lipinski definition) is 1. The topological polar surface area (TPSA) is 26.0 Å². The quantitative estimate of drug-likeness (QED) is 0.813. The third-order valence-electron chi connectivity index (χ3n) is 3.23. The van der Waals surface area contributed by atoms with Gasteiger partial charge in [-0.2, -0.15) is 0 Å². The third kappa shape index (κ3) is 3.55. The van der Waals surface area contributed by atoms with Crippen LogP contribution in [0.3, 0.4) is 0 Å². The zero-order valence-electron chi connectivity index (χ0n) is 11.6.